The van der Waals surface area contributed by atoms with Gasteiger partial charge in [-0.3, -0.25) is 19.7 Å². The van der Waals surface area contributed by atoms with Crippen LogP contribution in [0.25, 0.3) is 0 Å². The van der Waals surface area contributed by atoms with E-state index in [1.165, 1.54) is 0 Å². The number of carbonyl (C=O) groups is 1. The molecule has 8 heteroatoms. The third-order valence-electron chi connectivity index (χ3n) is 3.36. The minimum Gasteiger partial charge on any atom is -0.465 e. The van der Waals surface area contributed by atoms with Gasteiger partial charge < -0.3 is 4.74 Å². The van der Waals surface area contributed by atoms with E-state index in [-0.39, 0.29) is 53.9 Å². The van der Waals surface area contributed by atoms with Crippen molar-refractivity contribution in [3.63, 3.8) is 0 Å². The van der Waals surface area contributed by atoms with Gasteiger partial charge in [-0.2, -0.15) is 0 Å². The van der Waals surface area contributed by atoms with Gasteiger partial charge in [-0.1, -0.05) is 12.1 Å². The number of nitrogens with zero attached hydrogens (tertiary/aromatic N) is 3. The molecule has 0 bridgehead atoms. The SMILES string of the molecule is CCOC(=O)C(C)N(Cc1ccccn1)Cc1ccccn1.Cl.Cl.[Mn+2]. The van der Waals surface area contributed by atoms with E-state index in [1.54, 1.807) is 12.4 Å². The first-order chi connectivity index (χ1) is 10.7. The number of ether oxygens (including phenoxy) is 1. The molecular formula is C17H23Cl2MnN3O2+2. The summed E-state index contributed by atoms with van der Waals surface area (Å²) < 4.78 is 5.14. The van der Waals surface area contributed by atoms with Crippen LogP contribution in [0.2, 0.25) is 0 Å². The summed E-state index contributed by atoms with van der Waals surface area (Å²) in [5, 5.41) is 0. The van der Waals surface area contributed by atoms with E-state index in [2.05, 4.69) is 9.97 Å². The van der Waals surface area contributed by atoms with Crippen molar-refractivity contribution >= 4 is 30.8 Å². The normalized spacial score (nSPS) is 10.7. The van der Waals surface area contributed by atoms with Gasteiger partial charge in [-0.05, 0) is 38.1 Å². The van der Waals surface area contributed by atoms with Crippen molar-refractivity contribution in [3.8, 4) is 0 Å². The minimum absolute atomic E-state index is 0. The molecule has 1 unspecified atom stereocenters. The zero-order valence-electron chi connectivity index (χ0n) is 14.2. The standard InChI is InChI=1S/C17H21N3O2.2ClH.Mn/c1-3-22-17(21)14(2)20(12-15-8-4-6-10-18-15)13-16-9-5-7-11-19-16;;;/h4-11,14H,3,12-13H2,1-2H3;2*1H;/q;;;+2. The van der Waals surface area contributed by atoms with Crippen molar-refractivity contribution in [2.24, 2.45) is 0 Å². The number of aromatic nitrogens is 2. The Hall–Kier alpha value is -1.17. The van der Waals surface area contributed by atoms with Crippen LogP contribution in [0.15, 0.2) is 48.8 Å². The largest absolute Gasteiger partial charge is 2.00 e. The molecule has 0 fully saturated rings. The number of esters is 1. The van der Waals surface area contributed by atoms with Gasteiger partial charge in [0.2, 0.25) is 0 Å². The fraction of sp³-hybridized carbons (Fsp3) is 0.353. The van der Waals surface area contributed by atoms with Crippen molar-refractivity contribution in [1.82, 2.24) is 14.9 Å². The van der Waals surface area contributed by atoms with Crippen LogP contribution in [0.1, 0.15) is 25.2 Å². The molecule has 2 aromatic rings. The van der Waals surface area contributed by atoms with E-state index in [1.807, 2.05) is 55.1 Å². The molecule has 2 heterocycles. The number of carbonyl (C=O) groups excluding carboxylic acids is 1. The summed E-state index contributed by atoms with van der Waals surface area (Å²) in [6.45, 7) is 5.18. The first kappa shape index (κ1) is 26.1. The van der Waals surface area contributed by atoms with Crippen LogP contribution >= 0.6 is 24.8 Å². The molecule has 0 saturated carbocycles. The van der Waals surface area contributed by atoms with E-state index in [0.29, 0.717) is 19.7 Å². The van der Waals surface area contributed by atoms with Gasteiger partial charge in [0.05, 0.1) is 18.0 Å². The fourth-order valence-corrected chi connectivity index (χ4v) is 2.14. The molecule has 25 heavy (non-hydrogen) atoms. The van der Waals surface area contributed by atoms with E-state index < -0.39 is 0 Å². The van der Waals surface area contributed by atoms with Crippen LogP contribution in [0.4, 0.5) is 0 Å². The van der Waals surface area contributed by atoms with Crippen LogP contribution in [0.3, 0.4) is 0 Å². The Morgan fingerprint density at radius 1 is 1.04 bits per heavy atom. The van der Waals surface area contributed by atoms with E-state index in [4.69, 9.17) is 4.74 Å². The summed E-state index contributed by atoms with van der Waals surface area (Å²) >= 11 is 0. The number of hydrogen-bond donors (Lipinski definition) is 0. The zero-order valence-corrected chi connectivity index (χ0v) is 17.0. The molecule has 0 N–H and O–H groups in total. The molecule has 0 aliphatic carbocycles. The minimum atomic E-state index is -0.357. The van der Waals surface area contributed by atoms with Crippen LogP contribution in [0, 0.1) is 0 Å². The zero-order chi connectivity index (χ0) is 15.8. The third kappa shape index (κ3) is 8.65. The summed E-state index contributed by atoms with van der Waals surface area (Å²) in [7, 11) is 0. The van der Waals surface area contributed by atoms with Gasteiger partial charge in [-0.25, -0.2) is 0 Å². The number of halogens is 2. The maximum Gasteiger partial charge on any atom is 2.00 e. The Balaban J connectivity index is 0. The Labute approximate surface area is 171 Å². The molecule has 1 atom stereocenters. The molecule has 2 rings (SSSR count). The molecule has 5 nitrogen and oxygen atoms in total. The molecule has 2 aromatic heterocycles. The topological polar surface area (TPSA) is 55.3 Å². The third-order valence-corrected chi connectivity index (χ3v) is 3.36. The predicted octanol–water partition coefficient (Wildman–Crippen LogP) is 3.27. The monoisotopic (exact) mass is 426 g/mol. The van der Waals surface area contributed by atoms with Crippen LogP contribution < -0.4 is 0 Å². The molecule has 0 saturated heterocycles. The Morgan fingerprint density at radius 3 is 1.88 bits per heavy atom. The summed E-state index contributed by atoms with van der Waals surface area (Å²) in [4.78, 5) is 22.7. The van der Waals surface area contributed by atoms with Gasteiger partial charge in [0, 0.05) is 25.5 Å². The molecule has 137 valence electrons. The van der Waals surface area contributed by atoms with Crippen molar-refractivity contribution in [2.75, 3.05) is 6.61 Å². The maximum absolute atomic E-state index is 12.1. The van der Waals surface area contributed by atoms with Gasteiger partial charge in [0.1, 0.15) is 6.04 Å². The average molecular weight is 427 g/mol. The molecule has 1 radical (unpaired) electrons. The Kier molecular flexibility index (Phi) is 14.6. The predicted molar refractivity (Wildman–Crippen MR) is 98.3 cm³/mol. The molecule has 0 spiro atoms. The molecule has 0 aliphatic rings. The van der Waals surface area contributed by atoms with Crippen LogP contribution in [-0.4, -0.2) is 33.5 Å². The van der Waals surface area contributed by atoms with E-state index in [9.17, 15) is 4.79 Å². The average Bonchev–Trinajstić information content (AvgIpc) is 2.56. The van der Waals surface area contributed by atoms with E-state index in [0.717, 1.165) is 11.4 Å². The van der Waals surface area contributed by atoms with Crippen molar-refractivity contribution in [2.45, 2.75) is 33.0 Å². The first-order valence-corrected chi connectivity index (χ1v) is 7.41. The summed E-state index contributed by atoms with van der Waals surface area (Å²) in [6, 6.07) is 11.2. The molecular weight excluding hydrogens is 404 g/mol. The van der Waals surface area contributed by atoms with Gasteiger partial charge >= 0.3 is 23.0 Å². The van der Waals surface area contributed by atoms with Crippen LogP contribution in [0.5, 0.6) is 0 Å². The second-order valence-corrected chi connectivity index (χ2v) is 4.98. The van der Waals surface area contributed by atoms with Crippen molar-refractivity contribution < 1.29 is 26.6 Å². The van der Waals surface area contributed by atoms with Gasteiger partial charge in [-0.15, -0.1) is 24.8 Å². The Bertz CT molecular complexity index is 549. The number of hydrogen-bond acceptors (Lipinski definition) is 5. The van der Waals surface area contributed by atoms with Crippen LogP contribution in [-0.2, 0) is 39.7 Å². The maximum atomic E-state index is 12.1. The van der Waals surface area contributed by atoms with Gasteiger partial charge in [0.15, 0.2) is 0 Å². The van der Waals surface area contributed by atoms with Crippen molar-refractivity contribution in [1.29, 1.82) is 0 Å². The number of rotatable bonds is 7. The second kappa shape index (κ2) is 14.0. The summed E-state index contributed by atoms with van der Waals surface area (Å²) in [6.07, 6.45) is 3.51. The van der Waals surface area contributed by atoms with Crippen molar-refractivity contribution in [3.05, 3.63) is 60.2 Å². The number of pyridine rings is 2. The van der Waals surface area contributed by atoms with E-state index >= 15 is 0 Å². The second-order valence-electron chi connectivity index (χ2n) is 4.98. The van der Waals surface area contributed by atoms with Gasteiger partial charge in [0.25, 0.3) is 0 Å². The molecule has 0 aliphatic heterocycles. The fourth-order valence-electron chi connectivity index (χ4n) is 2.14. The molecule has 0 aromatic carbocycles. The first-order valence-electron chi connectivity index (χ1n) is 7.41. The Morgan fingerprint density at radius 2 is 1.52 bits per heavy atom. The smallest absolute Gasteiger partial charge is 0.465 e. The summed E-state index contributed by atoms with van der Waals surface area (Å²) in [5.41, 5.74) is 1.82. The quantitative estimate of drug-likeness (QED) is 0.502. The summed E-state index contributed by atoms with van der Waals surface area (Å²) in [5.74, 6) is -0.227. The molecule has 0 amide bonds.